The molecule has 1 aromatic rings. The summed E-state index contributed by atoms with van der Waals surface area (Å²) in [6.07, 6.45) is 3.34. The molecule has 0 radical (unpaired) electrons. The van der Waals surface area contributed by atoms with E-state index in [0.717, 1.165) is 43.3 Å². The Morgan fingerprint density at radius 3 is 2.95 bits per heavy atom. The van der Waals surface area contributed by atoms with Gasteiger partial charge in [-0.2, -0.15) is 0 Å². The van der Waals surface area contributed by atoms with Crippen LogP contribution < -0.4 is 10.6 Å². The zero-order chi connectivity index (χ0) is 13.0. The van der Waals surface area contributed by atoms with Gasteiger partial charge >= 0.3 is 0 Å². The number of rotatable bonds is 5. The van der Waals surface area contributed by atoms with Crippen LogP contribution in [0.25, 0.3) is 0 Å². The summed E-state index contributed by atoms with van der Waals surface area (Å²) in [5, 5.41) is 6.38. The molecule has 19 heavy (non-hydrogen) atoms. The lowest BCUT2D eigenvalue weighted by Gasteiger charge is -2.08. The Bertz CT molecular complexity index is 414. The molecule has 3 nitrogen and oxygen atoms in total. The molecule has 0 saturated carbocycles. The number of thiophene rings is 1. The lowest BCUT2D eigenvalue weighted by molar-refractivity contribution is 0.0955. The van der Waals surface area contributed by atoms with Crippen molar-refractivity contribution >= 4 is 29.7 Å². The van der Waals surface area contributed by atoms with Crippen LogP contribution in [0.3, 0.4) is 0 Å². The van der Waals surface area contributed by atoms with Crippen LogP contribution in [0.1, 0.15) is 39.9 Å². The van der Waals surface area contributed by atoms with Crippen molar-refractivity contribution < 1.29 is 4.79 Å². The zero-order valence-electron chi connectivity index (χ0n) is 11.6. The Morgan fingerprint density at radius 1 is 1.58 bits per heavy atom. The van der Waals surface area contributed by atoms with Crippen LogP contribution in [0.15, 0.2) is 6.07 Å². The molecule has 1 aromatic heterocycles. The molecule has 0 bridgehead atoms. The molecule has 1 saturated heterocycles. The van der Waals surface area contributed by atoms with Gasteiger partial charge in [0.2, 0.25) is 0 Å². The van der Waals surface area contributed by atoms with Gasteiger partial charge in [-0.1, -0.05) is 6.92 Å². The number of carbonyl (C=O) groups is 1. The maximum atomic E-state index is 12.0. The molecule has 1 amide bonds. The van der Waals surface area contributed by atoms with Crippen LogP contribution in [0.4, 0.5) is 0 Å². The van der Waals surface area contributed by atoms with E-state index in [2.05, 4.69) is 24.5 Å². The highest BCUT2D eigenvalue weighted by Crippen LogP contribution is 2.22. The Morgan fingerprint density at radius 2 is 2.37 bits per heavy atom. The molecule has 2 heterocycles. The normalized spacial score (nSPS) is 18.1. The number of hydrogen-bond donors (Lipinski definition) is 2. The maximum absolute atomic E-state index is 12.0. The van der Waals surface area contributed by atoms with E-state index in [1.165, 1.54) is 16.9 Å². The Hall–Kier alpha value is -0.580. The second kappa shape index (κ2) is 7.88. The second-order valence-electron chi connectivity index (χ2n) is 4.97. The van der Waals surface area contributed by atoms with Crippen LogP contribution in [-0.2, 0) is 6.42 Å². The van der Waals surface area contributed by atoms with Gasteiger partial charge in [0.05, 0.1) is 4.88 Å². The zero-order valence-corrected chi connectivity index (χ0v) is 13.3. The van der Waals surface area contributed by atoms with E-state index < -0.39 is 0 Å². The van der Waals surface area contributed by atoms with Crippen LogP contribution in [0.5, 0.6) is 0 Å². The molecule has 5 heteroatoms. The number of aryl methyl sites for hydroxylation is 2. The van der Waals surface area contributed by atoms with E-state index in [1.807, 2.05) is 6.07 Å². The fourth-order valence-corrected chi connectivity index (χ4v) is 3.45. The van der Waals surface area contributed by atoms with Gasteiger partial charge in [0.1, 0.15) is 0 Å². The third kappa shape index (κ3) is 4.48. The summed E-state index contributed by atoms with van der Waals surface area (Å²) < 4.78 is 0. The second-order valence-corrected chi connectivity index (χ2v) is 6.11. The van der Waals surface area contributed by atoms with Crippen molar-refractivity contribution in [2.75, 3.05) is 19.6 Å². The van der Waals surface area contributed by atoms with Crippen molar-refractivity contribution in [1.82, 2.24) is 10.6 Å². The highest BCUT2D eigenvalue weighted by Gasteiger charge is 2.15. The summed E-state index contributed by atoms with van der Waals surface area (Å²) in [7, 11) is 0. The molecule has 1 unspecified atom stereocenters. The summed E-state index contributed by atoms with van der Waals surface area (Å²) in [4.78, 5) is 14.2. The van der Waals surface area contributed by atoms with E-state index in [4.69, 9.17) is 0 Å². The summed E-state index contributed by atoms with van der Waals surface area (Å²) in [6, 6.07) is 2.01. The highest BCUT2D eigenvalue weighted by atomic mass is 35.5. The Labute approximate surface area is 125 Å². The van der Waals surface area contributed by atoms with Crippen LogP contribution in [0, 0.1) is 12.8 Å². The van der Waals surface area contributed by atoms with Crippen LogP contribution >= 0.6 is 23.7 Å². The quantitative estimate of drug-likeness (QED) is 0.878. The smallest absolute Gasteiger partial charge is 0.261 e. The van der Waals surface area contributed by atoms with Gasteiger partial charge in [-0.25, -0.2) is 0 Å². The van der Waals surface area contributed by atoms with Gasteiger partial charge in [-0.05, 0) is 56.8 Å². The van der Waals surface area contributed by atoms with E-state index in [-0.39, 0.29) is 18.3 Å². The fraction of sp³-hybridized carbons (Fsp3) is 0.643. The van der Waals surface area contributed by atoms with Crippen molar-refractivity contribution in [3.63, 3.8) is 0 Å². The third-order valence-corrected chi connectivity index (χ3v) is 4.95. The number of amides is 1. The lowest BCUT2D eigenvalue weighted by Crippen LogP contribution is -2.25. The average molecular weight is 303 g/mol. The predicted molar refractivity (Wildman–Crippen MR) is 83.6 cm³/mol. The molecule has 1 atom stereocenters. The van der Waals surface area contributed by atoms with Crippen LogP contribution in [0.2, 0.25) is 0 Å². The number of hydrogen-bond acceptors (Lipinski definition) is 3. The number of halogens is 1. The first-order chi connectivity index (χ1) is 8.70. The third-order valence-electron chi connectivity index (χ3n) is 3.57. The molecule has 108 valence electrons. The van der Waals surface area contributed by atoms with Gasteiger partial charge in [0, 0.05) is 11.4 Å². The largest absolute Gasteiger partial charge is 0.351 e. The van der Waals surface area contributed by atoms with Gasteiger partial charge in [-0.15, -0.1) is 23.7 Å². The monoisotopic (exact) mass is 302 g/mol. The Kier molecular flexibility index (Phi) is 6.83. The first kappa shape index (κ1) is 16.5. The molecule has 2 rings (SSSR count). The summed E-state index contributed by atoms with van der Waals surface area (Å²) >= 11 is 1.63. The molecule has 1 fully saturated rings. The maximum Gasteiger partial charge on any atom is 0.261 e. The standard InChI is InChI=1S/C14H22N2OS.ClH/c1-3-12-10(2)8-13(18-12)14(17)16-7-5-11-4-6-15-9-11;/h8,11,15H,3-7,9H2,1-2H3,(H,16,17);1H. The van der Waals surface area contributed by atoms with Crippen molar-refractivity contribution in [3.8, 4) is 0 Å². The lowest BCUT2D eigenvalue weighted by atomic mass is 10.1. The summed E-state index contributed by atoms with van der Waals surface area (Å²) in [6.45, 7) is 7.24. The molecule has 0 spiro atoms. The molecular weight excluding hydrogens is 280 g/mol. The van der Waals surface area contributed by atoms with Crippen molar-refractivity contribution in [1.29, 1.82) is 0 Å². The minimum absolute atomic E-state index is 0. The van der Waals surface area contributed by atoms with Crippen molar-refractivity contribution in [2.24, 2.45) is 5.92 Å². The van der Waals surface area contributed by atoms with E-state index in [9.17, 15) is 4.79 Å². The minimum Gasteiger partial charge on any atom is -0.351 e. The molecule has 0 aliphatic carbocycles. The first-order valence-corrected chi connectivity index (χ1v) is 7.60. The van der Waals surface area contributed by atoms with Crippen molar-refractivity contribution in [3.05, 3.63) is 21.4 Å². The SMILES string of the molecule is CCc1sc(C(=O)NCCC2CCNC2)cc1C.Cl. The fourth-order valence-electron chi connectivity index (χ4n) is 2.42. The van der Waals surface area contributed by atoms with Crippen LogP contribution in [-0.4, -0.2) is 25.5 Å². The molecule has 1 aliphatic rings. The van der Waals surface area contributed by atoms with Gasteiger partial charge < -0.3 is 10.6 Å². The predicted octanol–water partition coefficient (Wildman–Crippen LogP) is 2.77. The molecule has 0 aromatic carbocycles. The van der Waals surface area contributed by atoms with E-state index in [1.54, 1.807) is 11.3 Å². The summed E-state index contributed by atoms with van der Waals surface area (Å²) in [5.74, 6) is 0.829. The van der Waals surface area contributed by atoms with Crippen molar-refractivity contribution in [2.45, 2.75) is 33.1 Å². The molecule has 2 N–H and O–H groups in total. The summed E-state index contributed by atoms with van der Waals surface area (Å²) in [5.41, 5.74) is 1.24. The average Bonchev–Trinajstić information content (AvgIpc) is 2.98. The first-order valence-electron chi connectivity index (χ1n) is 6.79. The molecular formula is C14H23ClN2OS. The Balaban J connectivity index is 0.00000180. The van der Waals surface area contributed by atoms with E-state index in [0.29, 0.717) is 0 Å². The van der Waals surface area contributed by atoms with Gasteiger partial charge in [-0.3, -0.25) is 4.79 Å². The number of nitrogens with one attached hydrogen (secondary N) is 2. The number of carbonyl (C=O) groups excluding carboxylic acids is 1. The molecule has 1 aliphatic heterocycles. The highest BCUT2D eigenvalue weighted by molar-refractivity contribution is 7.14. The van der Waals surface area contributed by atoms with Gasteiger partial charge in [0.25, 0.3) is 5.91 Å². The van der Waals surface area contributed by atoms with Gasteiger partial charge in [0.15, 0.2) is 0 Å². The topological polar surface area (TPSA) is 41.1 Å². The minimum atomic E-state index is 0. The van der Waals surface area contributed by atoms with E-state index >= 15 is 0 Å².